The van der Waals surface area contributed by atoms with Gasteiger partial charge in [0.1, 0.15) is 5.82 Å². The second-order valence-corrected chi connectivity index (χ2v) is 6.76. The number of aromatic nitrogens is 5. The number of nitrogens with zero attached hydrogens (tertiary/aromatic N) is 5. The van der Waals surface area contributed by atoms with E-state index in [0.29, 0.717) is 6.04 Å². The van der Waals surface area contributed by atoms with Crippen LogP contribution in [0, 0.1) is 0 Å². The average Bonchev–Trinajstić information content (AvgIpc) is 2.89. The van der Waals surface area contributed by atoms with E-state index in [-0.39, 0.29) is 11.7 Å². The Morgan fingerprint density at radius 2 is 1.85 bits per heavy atom. The van der Waals surface area contributed by atoms with E-state index >= 15 is 0 Å². The Hall–Kier alpha value is -3.22. The minimum atomic E-state index is -0.00273. The Bertz CT molecular complexity index is 1170. The van der Waals surface area contributed by atoms with Gasteiger partial charge in [0.25, 0.3) is 0 Å². The number of nitrogens with one attached hydrogen (secondary N) is 1. The van der Waals surface area contributed by atoms with Crippen molar-refractivity contribution in [1.82, 2.24) is 24.1 Å². The predicted octanol–water partition coefficient (Wildman–Crippen LogP) is 2.49. The molecule has 7 nitrogen and oxygen atoms in total. The second-order valence-electron chi connectivity index (χ2n) is 6.76. The Balaban J connectivity index is 1.36. The Morgan fingerprint density at radius 3 is 2.73 bits per heavy atom. The van der Waals surface area contributed by atoms with Crippen molar-refractivity contribution < 1.29 is 0 Å². The zero-order valence-corrected chi connectivity index (χ0v) is 14.3. The van der Waals surface area contributed by atoms with Gasteiger partial charge in [-0.05, 0) is 49.2 Å². The quantitative estimate of drug-likeness (QED) is 0.617. The summed E-state index contributed by atoms with van der Waals surface area (Å²) in [6.07, 6.45) is 5.26. The molecule has 5 rings (SSSR count). The van der Waals surface area contributed by atoms with Crippen molar-refractivity contribution >= 4 is 28.0 Å². The number of hydrogen-bond acceptors (Lipinski definition) is 5. The lowest BCUT2D eigenvalue weighted by molar-refractivity contribution is 0.280. The number of imidazole rings is 1. The molecule has 0 aromatic carbocycles. The predicted molar refractivity (Wildman–Crippen MR) is 100 cm³/mol. The third kappa shape index (κ3) is 2.28. The smallest absolute Gasteiger partial charge is 0.330 e. The first-order valence-electron chi connectivity index (χ1n) is 8.71. The minimum Gasteiger partial charge on any atom is -0.367 e. The SMILES string of the molecule is Cn1c(=O)n(C2CC(Nc3ccc4ncccc4n3)C2)c2ncccc21. The summed E-state index contributed by atoms with van der Waals surface area (Å²) >= 11 is 0. The van der Waals surface area contributed by atoms with Crippen LogP contribution >= 0.6 is 0 Å². The third-order valence-corrected chi connectivity index (χ3v) is 5.14. The molecule has 4 aromatic rings. The molecule has 0 spiro atoms. The molecular formula is C19H18N6O. The first kappa shape index (κ1) is 15.1. The molecule has 0 unspecified atom stereocenters. The van der Waals surface area contributed by atoms with Gasteiger partial charge in [-0.2, -0.15) is 0 Å². The molecule has 7 heteroatoms. The van der Waals surface area contributed by atoms with Crippen LogP contribution in [0.15, 0.2) is 53.6 Å². The number of anilines is 1. The lowest BCUT2D eigenvalue weighted by Gasteiger charge is -2.36. The molecule has 0 saturated heterocycles. The van der Waals surface area contributed by atoms with Gasteiger partial charge in [-0.3, -0.25) is 14.1 Å². The highest BCUT2D eigenvalue weighted by Crippen LogP contribution is 2.35. The van der Waals surface area contributed by atoms with Crippen molar-refractivity contribution in [3.8, 4) is 0 Å². The number of rotatable bonds is 3. The fourth-order valence-corrected chi connectivity index (χ4v) is 3.68. The van der Waals surface area contributed by atoms with Crippen LogP contribution in [0.5, 0.6) is 0 Å². The van der Waals surface area contributed by atoms with Gasteiger partial charge in [-0.1, -0.05) is 0 Å². The van der Waals surface area contributed by atoms with Crippen LogP contribution in [0.25, 0.3) is 22.2 Å². The highest BCUT2D eigenvalue weighted by Gasteiger charge is 2.33. The summed E-state index contributed by atoms with van der Waals surface area (Å²) in [5.41, 5.74) is 3.40. The molecule has 1 N–H and O–H groups in total. The zero-order valence-electron chi connectivity index (χ0n) is 14.3. The Labute approximate surface area is 149 Å². The van der Waals surface area contributed by atoms with E-state index < -0.39 is 0 Å². The summed E-state index contributed by atoms with van der Waals surface area (Å²) in [6.45, 7) is 0. The Morgan fingerprint density at radius 1 is 1.04 bits per heavy atom. The first-order chi connectivity index (χ1) is 12.7. The van der Waals surface area contributed by atoms with Crippen molar-refractivity contribution in [2.24, 2.45) is 7.05 Å². The maximum atomic E-state index is 12.6. The molecule has 1 fully saturated rings. The first-order valence-corrected chi connectivity index (χ1v) is 8.71. The maximum Gasteiger partial charge on any atom is 0.330 e. The normalized spacial score (nSPS) is 19.6. The van der Waals surface area contributed by atoms with Gasteiger partial charge in [0.2, 0.25) is 0 Å². The van der Waals surface area contributed by atoms with Crippen LogP contribution in [-0.2, 0) is 7.05 Å². The summed E-state index contributed by atoms with van der Waals surface area (Å²) < 4.78 is 3.49. The highest BCUT2D eigenvalue weighted by molar-refractivity contribution is 5.75. The van der Waals surface area contributed by atoms with Crippen LogP contribution in [0.3, 0.4) is 0 Å². The molecule has 1 saturated carbocycles. The van der Waals surface area contributed by atoms with Crippen LogP contribution in [-0.4, -0.2) is 30.1 Å². The van der Waals surface area contributed by atoms with Gasteiger partial charge in [0.05, 0.1) is 16.6 Å². The number of pyridine rings is 3. The maximum absolute atomic E-state index is 12.6. The summed E-state index contributed by atoms with van der Waals surface area (Å²) in [7, 11) is 1.80. The van der Waals surface area contributed by atoms with Gasteiger partial charge < -0.3 is 5.32 Å². The molecule has 130 valence electrons. The molecule has 26 heavy (non-hydrogen) atoms. The largest absolute Gasteiger partial charge is 0.367 e. The standard InChI is InChI=1S/C19H18N6O/c1-24-16-5-3-9-21-18(16)25(19(24)26)13-10-12(11-13)22-17-7-6-14-15(23-17)4-2-8-20-14/h2-9,12-13H,10-11H2,1H3,(H,22,23). The fourth-order valence-electron chi connectivity index (χ4n) is 3.68. The van der Waals surface area contributed by atoms with Crippen molar-refractivity contribution in [1.29, 1.82) is 0 Å². The molecule has 0 aliphatic heterocycles. The number of hydrogen-bond donors (Lipinski definition) is 1. The lowest BCUT2D eigenvalue weighted by atomic mass is 9.86. The van der Waals surface area contributed by atoms with E-state index in [1.165, 1.54) is 0 Å². The van der Waals surface area contributed by atoms with Crippen molar-refractivity contribution in [2.75, 3.05) is 5.32 Å². The van der Waals surface area contributed by atoms with Gasteiger partial charge in [-0.15, -0.1) is 0 Å². The van der Waals surface area contributed by atoms with Crippen LogP contribution in [0.2, 0.25) is 0 Å². The number of aryl methyl sites for hydroxylation is 1. The number of fused-ring (bicyclic) bond motifs is 2. The summed E-state index contributed by atoms with van der Waals surface area (Å²) in [6, 6.07) is 12.0. The topological polar surface area (TPSA) is 77.6 Å². The summed E-state index contributed by atoms with van der Waals surface area (Å²) in [5.74, 6) is 0.845. The fraction of sp³-hybridized carbons (Fsp3) is 0.263. The van der Waals surface area contributed by atoms with E-state index in [1.54, 1.807) is 24.0 Å². The molecule has 0 amide bonds. The molecule has 1 aliphatic rings. The van der Waals surface area contributed by atoms with Gasteiger partial charge in [0, 0.05) is 31.5 Å². The highest BCUT2D eigenvalue weighted by atomic mass is 16.1. The van der Waals surface area contributed by atoms with Crippen LogP contribution in [0.4, 0.5) is 5.82 Å². The Kier molecular flexibility index (Phi) is 3.28. The molecule has 0 bridgehead atoms. The van der Waals surface area contributed by atoms with Crippen molar-refractivity contribution in [3.63, 3.8) is 0 Å². The summed E-state index contributed by atoms with van der Waals surface area (Å²) in [4.78, 5) is 25.9. The zero-order chi connectivity index (χ0) is 17.7. The molecule has 0 radical (unpaired) electrons. The molecular weight excluding hydrogens is 328 g/mol. The molecule has 4 aromatic heterocycles. The van der Waals surface area contributed by atoms with Gasteiger partial charge in [0.15, 0.2) is 5.65 Å². The average molecular weight is 346 g/mol. The van der Waals surface area contributed by atoms with Gasteiger partial charge in [-0.25, -0.2) is 14.8 Å². The van der Waals surface area contributed by atoms with E-state index in [9.17, 15) is 4.79 Å². The van der Waals surface area contributed by atoms with Gasteiger partial charge >= 0.3 is 5.69 Å². The molecule has 4 heterocycles. The minimum absolute atomic E-state index is 0.00273. The van der Waals surface area contributed by atoms with E-state index in [2.05, 4.69) is 20.3 Å². The van der Waals surface area contributed by atoms with E-state index in [4.69, 9.17) is 0 Å². The third-order valence-electron chi connectivity index (χ3n) is 5.14. The van der Waals surface area contributed by atoms with E-state index in [1.807, 2.05) is 41.0 Å². The molecule has 0 atom stereocenters. The van der Waals surface area contributed by atoms with Crippen molar-refractivity contribution in [3.05, 3.63) is 59.3 Å². The monoisotopic (exact) mass is 346 g/mol. The molecule has 1 aliphatic carbocycles. The summed E-state index contributed by atoms with van der Waals surface area (Å²) in [5, 5.41) is 3.46. The van der Waals surface area contributed by atoms with Crippen LogP contribution in [0.1, 0.15) is 18.9 Å². The van der Waals surface area contributed by atoms with Crippen LogP contribution < -0.4 is 11.0 Å². The van der Waals surface area contributed by atoms with E-state index in [0.717, 1.165) is 40.9 Å². The lowest BCUT2D eigenvalue weighted by Crippen LogP contribution is -2.41. The second kappa shape index (κ2) is 5.66. The van der Waals surface area contributed by atoms with Crippen molar-refractivity contribution in [2.45, 2.75) is 24.9 Å².